The largest absolute Gasteiger partial charge is 0.0622 e. The van der Waals surface area contributed by atoms with Gasteiger partial charge in [0.1, 0.15) is 0 Å². The summed E-state index contributed by atoms with van der Waals surface area (Å²) in [6, 6.07) is 0. The van der Waals surface area contributed by atoms with Gasteiger partial charge in [-0.05, 0) is 54.8 Å². The third-order valence-electron chi connectivity index (χ3n) is 5.26. The molecule has 0 aromatic heterocycles. The van der Waals surface area contributed by atoms with Crippen molar-refractivity contribution in [2.24, 2.45) is 29.1 Å². The van der Waals surface area contributed by atoms with Crippen LogP contribution in [0.3, 0.4) is 0 Å². The SMILES string of the molecule is CC1CCC2CC1C1(C)CC2C1. The second-order valence-corrected chi connectivity index (χ2v) is 5.98. The van der Waals surface area contributed by atoms with Gasteiger partial charge < -0.3 is 0 Å². The molecule has 0 N–H and O–H groups in total. The number of rotatable bonds is 0. The Morgan fingerprint density at radius 3 is 2.50 bits per heavy atom. The van der Waals surface area contributed by atoms with E-state index in [9.17, 15) is 0 Å². The fourth-order valence-electron chi connectivity index (χ4n) is 4.53. The first-order valence-electron chi connectivity index (χ1n) is 5.69. The average Bonchev–Trinajstić information content (AvgIpc) is 2.00. The van der Waals surface area contributed by atoms with Gasteiger partial charge in [-0.3, -0.25) is 0 Å². The van der Waals surface area contributed by atoms with E-state index >= 15 is 0 Å². The highest BCUT2D eigenvalue weighted by Crippen LogP contribution is 2.65. The van der Waals surface area contributed by atoms with Crippen LogP contribution in [0.4, 0.5) is 0 Å². The number of hydrogen-bond acceptors (Lipinski definition) is 0. The molecule has 4 saturated carbocycles. The molecule has 0 aromatic carbocycles. The minimum atomic E-state index is 0.793. The van der Waals surface area contributed by atoms with E-state index in [0.29, 0.717) is 0 Å². The molecular weight excluding hydrogens is 144 g/mol. The second kappa shape index (κ2) is 2.08. The van der Waals surface area contributed by atoms with E-state index in [0.717, 1.165) is 29.1 Å². The monoisotopic (exact) mass is 164 g/mol. The predicted octanol–water partition coefficient (Wildman–Crippen LogP) is 3.47. The lowest BCUT2D eigenvalue weighted by Gasteiger charge is -2.63. The van der Waals surface area contributed by atoms with Crippen molar-refractivity contribution in [1.29, 1.82) is 0 Å². The van der Waals surface area contributed by atoms with Crippen molar-refractivity contribution < 1.29 is 0 Å². The van der Waals surface area contributed by atoms with Gasteiger partial charge in [0.2, 0.25) is 0 Å². The zero-order valence-corrected chi connectivity index (χ0v) is 8.34. The van der Waals surface area contributed by atoms with Crippen molar-refractivity contribution in [3.63, 3.8) is 0 Å². The van der Waals surface area contributed by atoms with E-state index in [1.165, 1.54) is 6.42 Å². The van der Waals surface area contributed by atoms with Crippen molar-refractivity contribution in [3.05, 3.63) is 0 Å². The molecule has 0 spiro atoms. The van der Waals surface area contributed by atoms with Gasteiger partial charge in [0.25, 0.3) is 0 Å². The first-order valence-corrected chi connectivity index (χ1v) is 5.69. The highest BCUT2D eigenvalue weighted by Gasteiger charge is 2.56. The van der Waals surface area contributed by atoms with E-state index in [-0.39, 0.29) is 0 Å². The molecule has 0 radical (unpaired) electrons. The molecule has 4 aliphatic rings. The Hall–Kier alpha value is 0. The van der Waals surface area contributed by atoms with Crippen LogP contribution in [0.25, 0.3) is 0 Å². The van der Waals surface area contributed by atoms with Crippen LogP contribution in [-0.4, -0.2) is 0 Å². The van der Waals surface area contributed by atoms with E-state index < -0.39 is 0 Å². The van der Waals surface area contributed by atoms with Crippen molar-refractivity contribution in [1.82, 2.24) is 0 Å². The molecule has 0 aliphatic heterocycles. The molecule has 0 heteroatoms. The Kier molecular flexibility index (Phi) is 1.28. The summed E-state index contributed by atoms with van der Waals surface area (Å²) in [6.45, 7) is 5.04. The molecule has 0 amide bonds. The molecular formula is C12H20. The third-order valence-corrected chi connectivity index (χ3v) is 5.26. The highest BCUT2D eigenvalue weighted by molar-refractivity contribution is 5.06. The molecule has 68 valence electrons. The minimum absolute atomic E-state index is 0.793. The van der Waals surface area contributed by atoms with Gasteiger partial charge >= 0.3 is 0 Å². The van der Waals surface area contributed by atoms with Crippen LogP contribution >= 0.6 is 0 Å². The summed E-state index contributed by atoms with van der Waals surface area (Å²) in [5, 5.41) is 0. The smallest absolute Gasteiger partial charge is 0.0289 e. The Labute approximate surface area is 75.7 Å². The molecule has 4 bridgehead atoms. The van der Waals surface area contributed by atoms with Crippen LogP contribution in [0.1, 0.15) is 46.0 Å². The summed E-state index contributed by atoms with van der Waals surface area (Å²) < 4.78 is 0. The van der Waals surface area contributed by atoms with Crippen LogP contribution in [0.2, 0.25) is 0 Å². The Balaban J connectivity index is 1.91. The summed E-state index contributed by atoms with van der Waals surface area (Å²) in [4.78, 5) is 0. The first kappa shape index (κ1) is 7.41. The fraction of sp³-hybridized carbons (Fsp3) is 1.00. The van der Waals surface area contributed by atoms with Gasteiger partial charge in [-0.25, -0.2) is 0 Å². The Morgan fingerprint density at radius 1 is 1.08 bits per heavy atom. The van der Waals surface area contributed by atoms with E-state index in [4.69, 9.17) is 0 Å². The van der Waals surface area contributed by atoms with Crippen molar-refractivity contribution in [3.8, 4) is 0 Å². The van der Waals surface area contributed by atoms with Gasteiger partial charge in [-0.2, -0.15) is 0 Å². The maximum absolute atomic E-state index is 2.55. The summed E-state index contributed by atoms with van der Waals surface area (Å²) in [5.41, 5.74) is 0.793. The fourth-order valence-corrected chi connectivity index (χ4v) is 4.53. The normalized spacial score (nSPS) is 62.5. The van der Waals surface area contributed by atoms with E-state index in [2.05, 4.69) is 13.8 Å². The lowest BCUT2D eigenvalue weighted by Crippen LogP contribution is -2.54. The predicted molar refractivity (Wildman–Crippen MR) is 50.8 cm³/mol. The van der Waals surface area contributed by atoms with Crippen LogP contribution in [0.5, 0.6) is 0 Å². The molecule has 4 fully saturated rings. The summed E-state index contributed by atoms with van der Waals surface area (Å²) >= 11 is 0. The van der Waals surface area contributed by atoms with Gasteiger partial charge in [-0.1, -0.05) is 20.3 Å². The topological polar surface area (TPSA) is 0 Å². The maximum atomic E-state index is 2.55. The first-order chi connectivity index (χ1) is 5.69. The molecule has 4 aliphatic carbocycles. The zero-order chi connectivity index (χ0) is 8.34. The third kappa shape index (κ3) is 0.744. The van der Waals surface area contributed by atoms with E-state index in [1.54, 1.807) is 25.7 Å². The molecule has 0 aromatic rings. The van der Waals surface area contributed by atoms with Gasteiger partial charge in [0, 0.05) is 0 Å². The van der Waals surface area contributed by atoms with Crippen LogP contribution < -0.4 is 0 Å². The van der Waals surface area contributed by atoms with Crippen molar-refractivity contribution in [2.45, 2.75) is 46.0 Å². The van der Waals surface area contributed by atoms with Crippen molar-refractivity contribution >= 4 is 0 Å². The molecule has 0 nitrogen and oxygen atoms in total. The number of hydrogen-bond donors (Lipinski definition) is 0. The van der Waals surface area contributed by atoms with Gasteiger partial charge in [-0.15, -0.1) is 0 Å². The maximum Gasteiger partial charge on any atom is -0.0289 e. The van der Waals surface area contributed by atoms with Crippen LogP contribution in [-0.2, 0) is 0 Å². The molecule has 12 heavy (non-hydrogen) atoms. The second-order valence-electron chi connectivity index (χ2n) is 5.98. The van der Waals surface area contributed by atoms with E-state index in [1.807, 2.05) is 0 Å². The zero-order valence-electron chi connectivity index (χ0n) is 8.34. The van der Waals surface area contributed by atoms with Crippen LogP contribution in [0, 0.1) is 29.1 Å². The quantitative estimate of drug-likeness (QED) is 0.514. The Bertz CT molecular complexity index is 200. The Morgan fingerprint density at radius 2 is 1.83 bits per heavy atom. The van der Waals surface area contributed by atoms with Crippen molar-refractivity contribution in [2.75, 3.05) is 0 Å². The molecule has 3 unspecified atom stereocenters. The average molecular weight is 164 g/mol. The minimum Gasteiger partial charge on any atom is -0.0622 e. The summed E-state index contributed by atoms with van der Waals surface area (Å²) in [6.07, 6.45) is 7.82. The standard InChI is InChI=1S/C12H20/c1-8-3-4-9-5-11(8)12(2)6-10(9)7-12/h8-11H,3-7H2,1-2H3. The lowest BCUT2D eigenvalue weighted by atomic mass is 9.42. The highest BCUT2D eigenvalue weighted by atomic mass is 14.6. The van der Waals surface area contributed by atoms with Gasteiger partial charge in [0.15, 0.2) is 0 Å². The lowest BCUT2D eigenvalue weighted by molar-refractivity contribution is -0.132. The molecule has 4 rings (SSSR count). The summed E-state index contributed by atoms with van der Waals surface area (Å²) in [7, 11) is 0. The molecule has 0 heterocycles. The molecule has 0 saturated heterocycles. The molecule has 3 atom stereocenters. The van der Waals surface area contributed by atoms with Gasteiger partial charge in [0.05, 0.1) is 0 Å². The summed E-state index contributed by atoms with van der Waals surface area (Å²) in [5.74, 6) is 4.43. The van der Waals surface area contributed by atoms with Crippen LogP contribution in [0.15, 0.2) is 0 Å².